The third-order valence-corrected chi connectivity index (χ3v) is 2.81. The number of carbonyl (C=O) groups excluding carboxylic acids is 1. The zero-order valence-corrected chi connectivity index (χ0v) is 9.08. The first kappa shape index (κ1) is 11.2. The summed E-state index contributed by atoms with van der Waals surface area (Å²) in [5, 5.41) is 21.9. The van der Waals surface area contributed by atoms with E-state index in [1.165, 1.54) is 6.20 Å². The minimum Gasteiger partial charge on any atom is -0.423 e. The summed E-state index contributed by atoms with van der Waals surface area (Å²) < 4.78 is 1.67. The molecule has 86 valence electrons. The van der Waals surface area contributed by atoms with Crippen LogP contribution in [0.3, 0.4) is 0 Å². The number of likely N-dealkylation sites (tertiary alicyclic amines) is 1. The topological polar surface area (TPSA) is 78.6 Å². The Hall–Kier alpha value is -1.34. The maximum absolute atomic E-state index is 11.3. The quantitative estimate of drug-likeness (QED) is 0.602. The van der Waals surface area contributed by atoms with Gasteiger partial charge >= 0.3 is 7.12 Å². The summed E-state index contributed by atoms with van der Waals surface area (Å²) in [5.41, 5.74) is 0.375. The van der Waals surface area contributed by atoms with Crippen LogP contribution in [0.25, 0.3) is 0 Å². The van der Waals surface area contributed by atoms with Gasteiger partial charge in [-0.25, -0.2) is 0 Å². The van der Waals surface area contributed by atoms with E-state index >= 15 is 0 Å². The van der Waals surface area contributed by atoms with Crippen molar-refractivity contribution in [2.45, 2.75) is 19.4 Å². The summed E-state index contributed by atoms with van der Waals surface area (Å²) in [6, 6.07) is 0.156. The molecule has 1 aromatic rings. The van der Waals surface area contributed by atoms with Crippen LogP contribution in [-0.4, -0.2) is 50.8 Å². The van der Waals surface area contributed by atoms with E-state index < -0.39 is 7.12 Å². The fourth-order valence-corrected chi connectivity index (χ4v) is 1.74. The Labute approximate surface area is 93.6 Å². The van der Waals surface area contributed by atoms with E-state index in [0.29, 0.717) is 25.0 Å². The zero-order valence-electron chi connectivity index (χ0n) is 9.08. The molecule has 0 bridgehead atoms. The maximum Gasteiger partial charge on any atom is 0.491 e. The summed E-state index contributed by atoms with van der Waals surface area (Å²) in [6.45, 7) is 3.13. The minimum atomic E-state index is -1.48. The van der Waals surface area contributed by atoms with Gasteiger partial charge in [-0.3, -0.25) is 9.48 Å². The fourth-order valence-electron chi connectivity index (χ4n) is 1.74. The molecule has 1 aliphatic heterocycles. The standard InChI is InChI=1S/C9H14BN3O3/c1-2-9(14)12-5-8(6-12)13-4-7(3-11-13)10(15)16/h3-4,8,15-16H,2,5-6H2,1H3. The number of hydrogen-bond donors (Lipinski definition) is 2. The largest absolute Gasteiger partial charge is 0.491 e. The van der Waals surface area contributed by atoms with Crippen LogP contribution in [0.1, 0.15) is 19.4 Å². The molecule has 6 nitrogen and oxygen atoms in total. The van der Waals surface area contributed by atoms with E-state index in [1.807, 2.05) is 6.92 Å². The number of nitrogens with zero attached hydrogens (tertiary/aromatic N) is 3. The molecule has 0 spiro atoms. The van der Waals surface area contributed by atoms with Gasteiger partial charge in [0, 0.05) is 37.4 Å². The predicted molar refractivity (Wildman–Crippen MR) is 58.0 cm³/mol. The van der Waals surface area contributed by atoms with Crippen molar-refractivity contribution in [1.29, 1.82) is 0 Å². The summed E-state index contributed by atoms with van der Waals surface area (Å²) in [6.07, 6.45) is 3.55. The van der Waals surface area contributed by atoms with Crippen LogP contribution >= 0.6 is 0 Å². The molecule has 1 aliphatic rings. The van der Waals surface area contributed by atoms with Crippen molar-refractivity contribution in [3.63, 3.8) is 0 Å². The highest BCUT2D eigenvalue weighted by Gasteiger charge is 2.31. The van der Waals surface area contributed by atoms with Crippen molar-refractivity contribution < 1.29 is 14.8 Å². The highest BCUT2D eigenvalue weighted by Crippen LogP contribution is 2.20. The van der Waals surface area contributed by atoms with Crippen molar-refractivity contribution in [3.8, 4) is 0 Å². The summed E-state index contributed by atoms with van der Waals surface area (Å²) in [7, 11) is -1.48. The van der Waals surface area contributed by atoms with Gasteiger partial charge in [-0.2, -0.15) is 5.10 Å². The molecule has 2 N–H and O–H groups in total. The Morgan fingerprint density at radius 2 is 2.31 bits per heavy atom. The Morgan fingerprint density at radius 1 is 1.62 bits per heavy atom. The molecular formula is C9H14BN3O3. The van der Waals surface area contributed by atoms with Crippen molar-refractivity contribution >= 4 is 18.5 Å². The average Bonchev–Trinajstić information content (AvgIpc) is 2.64. The van der Waals surface area contributed by atoms with E-state index in [9.17, 15) is 4.79 Å². The number of hydrogen-bond acceptors (Lipinski definition) is 4. The SMILES string of the molecule is CCC(=O)N1CC(n2cc(B(O)O)cn2)C1. The van der Waals surface area contributed by atoms with Crippen molar-refractivity contribution in [1.82, 2.24) is 14.7 Å². The van der Waals surface area contributed by atoms with Gasteiger partial charge in [0.15, 0.2) is 0 Å². The molecule has 0 unspecified atom stereocenters. The highest BCUT2D eigenvalue weighted by atomic mass is 16.4. The zero-order chi connectivity index (χ0) is 11.7. The Bertz CT molecular complexity index is 387. The monoisotopic (exact) mass is 223 g/mol. The van der Waals surface area contributed by atoms with Gasteiger partial charge in [0.05, 0.1) is 6.04 Å². The van der Waals surface area contributed by atoms with Crippen LogP contribution in [0.2, 0.25) is 0 Å². The van der Waals surface area contributed by atoms with Crippen molar-refractivity contribution in [3.05, 3.63) is 12.4 Å². The first-order chi connectivity index (χ1) is 7.61. The molecule has 0 saturated carbocycles. The molecule has 2 rings (SSSR count). The summed E-state index contributed by atoms with van der Waals surface area (Å²) in [4.78, 5) is 13.1. The summed E-state index contributed by atoms with van der Waals surface area (Å²) >= 11 is 0. The molecule has 0 aromatic carbocycles. The van der Waals surface area contributed by atoms with Crippen molar-refractivity contribution in [2.75, 3.05) is 13.1 Å². The van der Waals surface area contributed by atoms with E-state index in [1.54, 1.807) is 15.8 Å². The van der Waals surface area contributed by atoms with Crippen LogP contribution in [0.15, 0.2) is 12.4 Å². The van der Waals surface area contributed by atoms with Crippen LogP contribution in [0.5, 0.6) is 0 Å². The first-order valence-electron chi connectivity index (χ1n) is 5.29. The number of rotatable bonds is 3. The third-order valence-electron chi connectivity index (χ3n) is 2.81. The van der Waals surface area contributed by atoms with E-state index in [4.69, 9.17) is 10.0 Å². The Morgan fingerprint density at radius 3 is 2.81 bits per heavy atom. The lowest BCUT2D eigenvalue weighted by molar-refractivity contribution is -0.136. The molecule has 1 fully saturated rings. The molecule has 1 saturated heterocycles. The Balaban J connectivity index is 1.93. The Kier molecular flexibility index (Phi) is 2.98. The van der Waals surface area contributed by atoms with Crippen molar-refractivity contribution in [2.24, 2.45) is 0 Å². The van der Waals surface area contributed by atoms with Crippen LogP contribution in [0.4, 0.5) is 0 Å². The normalized spacial score (nSPS) is 16.1. The molecule has 0 atom stereocenters. The first-order valence-corrected chi connectivity index (χ1v) is 5.29. The molecule has 7 heteroatoms. The number of aromatic nitrogens is 2. The molecule has 2 heterocycles. The van der Waals surface area contributed by atoms with Crippen LogP contribution in [-0.2, 0) is 4.79 Å². The molecular weight excluding hydrogens is 209 g/mol. The number of amides is 1. The van der Waals surface area contributed by atoms with Gasteiger partial charge < -0.3 is 14.9 Å². The lowest BCUT2D eigenvalue weighted by Gasteiger charge is -2.39. The second-order valence-corrected chi connectivity index (χ2v) is 3.93. The second-order valence-electron chi connectivity index (χ2n) is 3.93. The number of carbonyl (C=O) groups is 1. The van der Waals surface area contributed by atoms with Crippen LogP contribution in [0, 0.1) is 0 Å². The van der Waals surface area contributed by atoms with Gasteiger partial charge in [0.2, 0.25) is 5.91 Å². The van der Waals surface area contributed by atoms with Gasteiger partial charge in [-0.05, 0) is 0 Å². The molecule has 0 aliphatic carbocycles. The van der Waals surface area contributed by atoms with Gasteiger partial charge in [0.1, 0.15) is 0 Å². The average molecular weight is 223 g/mol. The third kappa shape index (κ3) is 1.96. The lowest BCUT2D eigenvalue weighted by Crippen LogP contribution is -2.50. The maximum atomic E-state index is 11.3. The summed E-state index contributed by atoms with van der Waals surface area (Å²) in [5.74, 6) is 0.144. The predicted octanol–water partition coefficient (Wildman–Crippen LogP) is -1.64. The molecule has 16 heavy (non-hydrogen) atoms. The molecule has 1 aromatic heterocycles. The van der Waals surface area contributed by atoms with E-state index in [2.05, 4.69) is 5.10 Å². The van der Waals surface area contributed by atoms with Crippen LogP contribution < -0.4 is 5.46 Å². The van der Waals surface area contributed by atoms with E-state index in [0.717, 1.165) is 0 Å². The second kappa shape index (κ2) is 4.27. The highest BCUT2D eigenvalue weighted by molar-refractivity contribution is 6.58. The van der Waals surface area contributed by atoms with E-state index in [-0.39, 0.29) is 11.9 Å². The fraction of sp³-hybridized carbons (Fsp3) is 0.556. The van der Waals surface area contributed by atoms with Gasteiger partial charge in [-0.15, -0.1) is 0 Å². The smallest absolute Gasteiger partial charge is 0.423 e. The van der Waals surface area contributed by atoms with Gasteiger partial charge in [0.25, 0.3) is 0 Å². The molecule has 0 radical (unpaired) electrons. The van der Waals surface area contributed by atoms with Gasteiger partial charge in [-0.1, -0.05) is 6.92 Å². The minimum absolute atomic E-state index is 0.144. The molecule has 1 amide bonds. The lowest BCUT2D eigenvalue weighted by atomic mass is 9.83.